The van der Waals surface area contributed by atoms with Gasteiger partial charge in [0.05, 0.1) is 7.11 Å². The number of rotatable bonds is 13. The Labute approximate surface area is 194 Å². The lowest BCUT2D eigenvalue weighted by molar-refractivity contribution is -0.121. The van der Waals surface area contributed by atoms with Crippen molar-refractivity contribution in [2.75, 3.05) is 7.11 Å². The standard InChI is InChI=1S/C28H40O4/c1-19(2)11-14-27(30)22(5)10-8-9-20(3)15-25(29)16-21(4)12-13-24-18-26(32-7)17-23(6)28(24)31/h11-12,15,17-18,22,31H,8-10,13-14,16H2,1-7H3/b20-15-,21-12+/t22-/m1/s1. The summed E-state index contributed by atoms with van der Waals surface area (Å²) in [5.41, 5.74) is 4.74. The summed E-state index contributed by atoms with van der Waals surface area (Å²) < 4.78 is 5.27. The fraction of sp³-hybridized carbons (Fsp3) is 0.500. The number of benzene rings is 1. The largest absolute Gasteiger partial charge is 0.507 e. The molecule has 0 unspecified atom stereocenters. The Kier molecular flexibility index (Phi) is 11.8. The molecule has 1 N–H and O–H groups in total. The van der Waals surface area contributed by atoms with Crippen LogP contribution in [-0.4, -0.2) is 23.8 Å². The third-order valence-electron chi connectivity index (χ3n) is 5.59. The first kappa shape index (κ1) is 27.4. The van der Waals surface area contributed by atoms with Crippen LogP contribution in [0.3, 0.4) is 0 Å². The Morgan fingerprint density at radius 1 is 1.09 bits per heavy atom. The van der Waals surface area contributed by atoms with Gasteiger partial charge in [-0.15, -0.1) is 0 Å². The number of allylic oxidation sites excluding steroid dienone is 6. The van der Waals surface area contributed by atoms with Gasteiger partial charge in [-0.25, -0.2) is 0 Å². The number of hydrogen-bond acceptors (Lipinski definition) is 4. The Bertz CT molecular complexity index is 883. The van der Waals surface area contributed by atoms with Gasteiger partial charge in [-0.3, -0.25) is 9.59 Å². The van der Waals surface area contributed by atoms with E-state index in [2.05, 4.69) is 0 Å². The number of carbonyl (C=O) groups excluding carboxylic acids is 2. The Hall–Kier alpha value is -2.62. The predicted molar refractivity (Wildman–Crippen MR) is 132 cm³/mol. The van der Waals surface area contributed by atoms with Crippen molar-refractivity contribution in [3.8, 4) is 11.5 Å². The zero-order chi connectivity index (χ0) is 24.3. The van der Waals surface area contributed by atoms with E-state index < -0.39 is 0 Å². The molecule has 0 amide bonds. The molecule has 1 rings (SSSR count). The zero-order valence-electron chi connectivity index (χ0n) is 20.9. The van der Waals surface area contributed by atoms with Crippen LogP contribution in [0.2, 0.25) is 0 Å². The average molecular weight is 441 g/mol. The molecule has 0 saturated heterocycles. The van der Waals surface area contributed by atoms with Crippen molar-refractivity contribution in [1.29, 1.82) is 0 Å². The van der Waals surface area contributed by atoms with E-state index in [9.17, 15) is 14.7 Å². The maximum Gasteiger partial charge on any atom is 0.159 e. The van der Waals surface area contributed by atoms with E-state index >= 15 is 0 Å². The smallest absolute Gasteiger partial charge is 0.159 e. The van der Waals surface area contributed by atoms with Gasteiger partial charge in [-0.1, -0.05) is 35.8 Å². The molecule has 0 heterocycles. The van der Waals surface area contributed by atoms with Crippen LogP contribution in [0.15, 0.2) is 47.1 Å². The fourth-order valence-electron chi connectivity index (χ4n) is 3.47. The van der Waals surface area contributed by atoms with Gasteiger partial charge in [0.25, 0.3) is 0 Å². The summed E-state index contributed by atoms with van der Waals surface area (Å²) >= 11 is 0. The molecule has 0 aliphatic carbocycles. The summed E-state index contributed by atoms with van der Waals surface area (Å²) in [5.74, 6) is 1.39. The van der Waals surface area contributed by atoms with E-state index in [0.29, 0.717) is 25.0 Å². The highest BCUT2D eigenvalue weighted by Crippen LogP contribution is 2.28. The number of methoxy groups -OCH3 is 1. The van der Waals surface area contributed by atoms with Crippen LogP contribution < -0.4 is 4.74 Å². The van der Waals surface area contributed by atoms with Gasteiger partial charge in [0.15, 0.2) is 5.78 Å². The Balaban J connectivity index is 2.53. The van der Waals surface area contributed by atoms with Crippen LogP contribution in [-0.2, 0) is 16.0 Å². The predicted octanol–water partition coefficient (Wildman–Crippen LogP) is 6.84. The van der Waals surface area contributed by atoms with Crippen LogP contribution in [0.25, 0.3) is 0 Å². The maximum atomic E-state index is 12.4. The summed E-state index contributed by atoms with van der Waals surface area (Å²) in [4.78, 5) is 24.5. The molecule has 0 aromatic heterocycles. The number of phenols is 1. The van der Waals surface area contributed by atoms with Crippen molar-refractivity contribution in [3.05, 3.63) is 58.2 Å². The van der Waals surface area contributed by atoms with Crippen molar-refractivity contribution >= 4 is 11.6 Å². The van der Waals surface area contributed by atoms with Gasteiger partial charge in [0.1, 0.15) is 17.3 Å². The Morgan fingerprint density at radius 2 is 1.78 bits per heavy atom. The van der Waals surface area contributed by atoms with Gasteiger partial charge >= 0.3 is 0 Å². The second-order valence-corrected chi connectivity index (χ2v) is 9.09. The summed E-state index contributed by atoms with van der Waals surface area (Å²) in [6, 6.07) is 3.62. The highest BCUT2D eigenvalue weighted by atomic mass is 16.5. The SMILES string of the molecule is COc1cc(C)c(O)c(C/C=C(\C)CC(=O)/C=C(/C)CCC[C@@H](C)C(=O)CC=C(C)C)c1. The minimum absolute atomic E-state index is 0.0518. The summed E-state index contributed by atoms with van der Waals surface area (Å²) in [6.07, 6.45) is 9.67. The summed E-state index contributed by atoms with van der Waals surface area (Å²) in [7, 11) is 1.60. The summed E-state index contributed by atoms with van der Waals surface area (Å²) in [5, 5.41) is 10.3. The van der Waals surface area contributed by atoms with Crippen molar-refractivity contribution in [1.82, 2.24) is 0 Å². The van der Waals surface area contributed by atoms with E-state index in [0.717, 1.165) is 41.5 Å². The van der Waals surface area contributed by atoms with Crippen molar-refractivity contribution < 1.29 is 19.4 Å². The molecular formula is C28H40O4. The molecule has 0 aliphatic heterocycles. The number of carbonyl (C=O) groups is 2. The molecule has 1 atom stereocenters. The van der Waals surface area contributed by atoms with E-state index in [1.165, 1.54) is 5.57 Å². The van der Waals surface area contributed by atoms with Crippen molar-refractivity contribution in [2.45, 2.75) is 80.1 Å². The zero-order valence-corrected chi connectivity index (χ0v) is 20.9. The quantitative estimate of drug-likeness (QED) is 0.269. The second kappa shape index (κ2) is 13.7. The molecule has 4 heteroatoms. The number of Topliss-reactive ketones (excluding diaryl/α,β-unsaturated/α-hetero) is 1. The lowest BCUT2D eigenvalue weighted by atomic mass is 9.95. The molecule has 32 heavy (non-hydrogen) atoms. The lowest BCUT2D eigenvalue weighted by Gasteiger charge is -2.10. The van der Waals surface area contributed by atoms with Crippen molar-refractivity contribution in [3.63, 3.8) is 0 Å². The van der Waals surface area contributed by atoms with Gasteiger partial charge in [-0.05, 0) is 84.1 Å². The topological polar surface area (TPSA) is 63.6 Å². The Morgan fingerprint density at radius 3 is 2.41 bits per heavy atom. The molecule has 0 fully saturated rings. The number of ether oxygens (including phenoxy) is 1. The van der Waals surface area contributed by atoms with Crippen LogP contribution in [0.5, 0.6) is 11.5 Å². The number of hydrogen-bond donors (Lipinski definition) is 1. The highest BCUT2D eigenvalue weighted by Gasteiger charge is 2.11. The van der Waals surface area contributed by atoms with E-state index in [4.69, 9.17) is 4.74 Å². The second-order valence-electron chi connectivity index (χ2n) is 9.09. The number of phenolic OH excluding ortho intramolecular Hbond substituents is 1. The molecule has 4 nitrogen and oxygen atoms in total. The maximum absolute atomic E-state index is 12.4. The van der Waals surface area contributed by atoms with Gasteiger partial charge in [0, 0.05) is 24.3 Å². The van der Waals surface area contributed by atoms with Crippen LogP contribution in [0.1, 0.15) is 77.8 Å². The van der Waals surface area contributed by atoms with Crippen LogP contribution in [0.4, 0.5) is 0 Å². The van der Waals surface area contributed by atoms with Crippen molar-refractivity contribution in [2.24, 2.45) is 5.92 Å². The minimum atomic E-state index is 0.0518. The molecule has 0 saturated carbocycles. The molecule has 0 aliphatic rings. The molecule has 1 aromatic carbocycles. The number of ketones is 2. The molecule has 176 valence electrons. The first-order valence-electron chi connectivity index (χ1n) is 11.4. The van der Waals surface area contributed by atoms with Crippen LogP contribution >= 0.6 is 0 Å². The van der Waals surface area contributed by atoms with E-state index in [-0.39, 0.29) is 23.2 Å². The molecule has 0 radical (unpaired) electrons. The number of aryl methyl sites for hydroxylation is 1. The van der Waals surface area contributed by atoms with Gasteiger partial charge in [0.2, 0.25) is 0 Å². The first-order valence-corrected chi connectivity index (χ1v) is 11.4. The van der Waals surface area contributed by atoms with Crippen LogP contribution in [0, 0.1) is 12.8 Å². The molecule has 0 bridgehead atoms. The number of aromatic hydroxyl groups is 1. The normalized spacial score (nSPS) is 13.0. The average Bonchev–Trinajstić information content (AvgIpc) is 2.72. The first-order chi connectivity index (χ1) is 15.0. The fourth-order valence-corrected chi connectivity index (χ4v) is 3.47. The molecule has 1 aromatic rings. The van der Waals surface area contributed by atoms with Gasteiger partial charge < -0.3 is 9.84 Å². The van der Waals surface area contributed by atoms with E-state index in [1.54, 1.807) is 19.3 Å². The molecule has 0 spiro atoms. The summed E-state index contributed by atoms with van der Waals surface area (Å²) in [6.45, 7) is 11.7. The monoisotopic (exact) mass is 440 g/mol. The minimum Gasteiger partial charge on any atom is -0.507 e. The highest BCUT2D eigenvalue weighted by molar-refractivity contribution is 5.91. The lowest BCUT2D eigenvalue weighted by Crippen LogP contribution is -2.09. The van der Waals surface area contributed by atoms with E-state index in [1.807, 2.05) is 59.8 Å². The third-order valence-corrected chi connectivity index (χ3v) is 5.59. The van der Waals surface area contributed by atoms with Gasteiger partial charge in [-0.2, -0.15) is 0 Å². The third kappa shape index (κ3) is 10.1. The molecular weight excluding hydrogens is 400 g/mol.